The zero-order valence-corrected chi connectivity index (χ0v) is 14.9. The molecule has 4 nitrogen and oxygen atoms in total. The van der Waals surface area contributed by atoms with Crippen molar-refractivity contribution >= 4 is 0 Å². The maximum atomic E-state index is 11.1. The lowest BCUT2D eigenvalue weighted by atomic mass is 9.88. The third-order valence-electron chi connectivity index (χ3n) is 4.85. The van der Waals surface area contributed by atoms with Gasteiger partial charge in [0.05, 0.1) is 38.4 Å². The molecule has 2 atom stereocenters. The third-order valence-corrected chi connectivity index (χ3v) is 4.85. The van der Waals surface area contributed by atoms with Crippen LogP contribution in [0.3, 0.4) is 0 Å². The quantitative estimate of drug-likeness (QED) is 0.807. The van der Waals surface area contributed by atoms with E-state index in [0.29, 0.717) is 6.61 Å². The molecule has 0 unspecified atom stereocenters. The van der Waals surface area contributed by atoms with E-state index in [1.807, 2.05) is 49.4 Å². The minimum atomic E-state index is -0.534. The summed E-state index contributed by atoms with van der Waals surface area (Å²) >= 11 is 0. The van der Waals surface area contributed by atoms with Gasteiger partial charge >= 0.3 is 0 Å². The summed E-state index contributed by atoms with van der Waals surface area (Å²) in [6, 6.07) is 18.2. The van der Waals surface area contributed by atoms with Crippen molar-refractivity contribution in [2.24, 2.45) is 0 Å². The Hall–Kier alpha value is -1.88. The van der Waals surface area contributed by atoms with E-state index >= 15 is 0 Å². The van der Waals surface area contributed by atoms with E-state index in [4.69, 9.17) is 9.47 Å². The molecular formula is C21H28NO3+. The normalized spacial score (nSPS) is 17.8. The fourth-order valence-corrected chi connectivity index (χ4v) is 3.45. The largest absolute Gasteiger partial charge is 0.494 e. The van der Waals surface area contributed by atoms with Gasteiger partial charge in [-0.2, -0.15) is 0 Å². The second-order valence-corrected chi connectivity index (χ2v) is 6.53. The summed E-state index contributed by atoms with van der Waals surface area (Å²) < 4.78 is 11.0. The highest BCUT2D eigenvalue weighted by Crippen LogP contribution is 2.31. The molecule has 1 heterocycles. The molecule has 1 aliphatic rings. The van der Waals surface area contributed by atoms with E-state index in [1.165, 1.54) is 10.5 Å². The van der Waals surface area contributed by atoms with Crippen molar-refractivity contribution in [1.29, 1.82) is 0 Å². The molecule has 0 amide bonds. The smallest absolute Gasteiger partial charge is 0.119 e. The molecule has 3 rings (SSSR count). The second kappa shape index (κ2) is 8.99. The maximum absolute atomic E-state index is 11.1. The van der Waals surface area contributed by atoms with Crippen molar-refractivity contribution in [2.45, 2.75) is 18.9 Å². The van der Waals surface area contributed by atoms with Crippen LogP contribution < -0.4 is 9.64 Å². The highest BCUT2D eigenvalue weighted by molar-refractivity contribution is 5.31. The van der Waals surface area contributed by atoms with Crippen LogP contribution >= 0.6 is 0 Å². The first-order valence-electron chi connectivity index (χ1n) is 9.15. The Labute approximate surface area is 150 Å². The highest BCUT2D eigenvalue weighted by atomic mass is 16.5. The monoisotopic (exact) mass is 342 g/mol. The molecule has 0 radical (unpaired) electrons. The number of morpholine rings is 1. The number of hydrogen-bond donors (Lipinski definition) is 2. The fraction of sp³-hybridized carbons (Fsp3) is 0.429. The van der Waals surface area contributed by atoms with Crippen molar-refractivity contribution < 1.29 is 19.5 Å². The molecule has 0 aromatic heterocycles. The van der Waals surface area contributed by atoms with Crippen LogP contribution in [0.1, 0.15) is 30.1 Å². The molecular weight excluding hydrogens is 314 g/mol. The first-order valence-corrected chi connectivity index (χ1v) is 9.15. The minimum absolute atomic E-state index is 0.0623. The number of aliphatic hydroxyl groups excluding tert-OH is 1. The van der Waals surface area contributed by atoms with E-state index < -0.39 is 6.10 Å². The average Bonchev–Trinajstić information content (AvgIpc) is 2.68. The van der Waals surface area contributed by atoms with E-state index in [9.17, 15) is 5.11 Å². The third kappa shape index (κ3) is 4.82. The van der Waals surface area contributed by atoms with Crippen LogP contribution in [0.25, 0.3) is 0 Å². The highest BCUT2D eigenvalue weighted by Gasteiger charge is 2.28. The van der Waals surface area contributed by atoms with Gasteiger partial charge < -0.3 is 19.5 Å². The Morgan fingerprint density at radius 1 is 1.00 bits per heavy atom. The molecule has 0 saturated carbocycles. The van der Waals surface area contributed by atoms with Gasteiger partial charge in [-0.3, -0.25) is 0 Å². The van der Waals surface area contributed by atoms with Gasteiger partial charge in [0.25, 0.3) is 0 Å². The standard InChI is InChI=1S/C21H27NO3/c1-2-25-19-10-8-18(9-11-19)21(23)20(17-6-4-3-5-7-17)16-22-12-14-24-15-13-22/h3-11,20-21,23H,2,12-16H2,1H3/p+1/t20-,21-/m1/s1. The Morgan fingerprint density at radius 3 is 2.32 bits per heavy atom. The zero-order valence-electron chi connectivity index (χ0n) is 14.9. The molecule has 25 heavy (non-hydrogen) atoms. The molecule has 2 aromatic carbocycles. The van der Waals surface area contributed by atoms with Crippen LogP contribution in [0.15, 0.2) is 54.6 Å². The van der Waals surface area contributed by atoms with Gasteiger partial charge in [0.15, 0.2) is 0 Å². The molecule has 1 aliphatic heterocycles. The lowest BCUT2D eigenvalue weighted by Gasteiger charge is -2.30. The second-order valence-electron chi connectivity index (χ2n) is 6.53. The van der Waals surface area contributed by atoms with Gasteiger partial charge in [0, 0.05) is 0 Å². The zero-order chi connectivity index (χ0) is 17.5. The van der Waals surface area contributed by atoms with Crippen LogP contribution in [-0.2, 0) is 4.74 Å². The molecule has 1 saturated heterocycles. The van der Waals surface area contributed by atoms with Crippen molar-refractivity contribution in [2.75, 3.05) is 39.5 Å². The van der Waals surface area contributed by atoms with Crippen molar-refractivity contribution in [3.63, 3.8) is 0 Å². The van der Waals surface area contributed by atoms with E-state index in [-0.39, 0.29) is 5.92 Å². The molecule has 0 bridgehead atoms. The van der Waals surface area contributed by atoms with Crippen LogP contribution in [0.5, 0.6) is 5.75 Å². The number of aliphatic hydroxyl groups is 1. The van der Waals surface area contributed by atoms with Crippen molar-refractivity contribution in [3.8, 4) is 5.75 Å². The summed E-state index contributed by atoms with van der Waals surface area (Å²) in [6.45, 7) is 7.13. The number of ether oxygens (including phenoxy) is 2. The molecule has 1 fully saturated rings. The van der Waals surface area contributed by atoms with Gasteiger partial charge in [-0.15, -0.1) is 0 Å². The Bertz CT molecular complexity index is 623. The van der Waals surface area contributed by atoms with Crippen molar-refractivity contribution in [3.05, 3.63) is 65.7 Å². The van der Waals surface area contributed by atoms with E-state index in [0.717, 1.165) is 44.2 Å². The van der Waals surface area contributed by atoms with Gasteiger partial charge in [-0.05, 0) is 30.2 Å². The summed E-state index contributed by atoms with van der Waals surface area (Å²) in [5, 5.41) is 11.1. The summed E-state index contributed by atoms with van der Waals surface area (Å²) in [6.07, 6.45) is -0.534. The predicted octanol–water partition coefficient (Wildman–Crippen LogP) is 1.82. The summed E-state index contributed by atoms with van der Waals surface area (Å²) in [5.74, 6) is 0.903. The number of nitrogens with one attached hydrogen (secondary N) is 1. The number of benzene rings is 2. The molecule has 0 spiro atoms. The summed E-state index contributed by atoms with van der Waals surface area (Å²) in [5.41, 5.74) is 2.12. The summed E-state index contributed by atoms with van der Waals surface area (Å²) in [7, 11) is 0. The van der Waals surface area contributed by atoms with Gasteiger partial charge in [-0.25, -0.2) is 0 Å². The SMILES string of the molecule is CCOc1ccc([C@@H](O)[C@H](C[NH+]2CCOCC2)c2ccccc2)cc1. The van der Waals surface area contributed by atoms with Crippen LogP contribution in [0.4, 0.5) is 0 Å². The van der Waals surface area contributed by atoms with Crippen LogP contribution in [0.2, 0.25) is 0 Å². The average molecular weight is 342 g/mol. The Kier molecular flexibility index (Phi) is 6.45. The fourth-order valence-electron chi connectivity index (χ4n) is 3.45. The van der Waals surface area contributed by atoms with E-state index in [1.54, 1.807) is 0 Å². The van der Waals surface area contributed by atoms with E-state index in [2.05, 4.69) is 12.1 Å². The lowest BCUT2D eigenvalue weighted by molar-refractivity contribution is -0.909. The maximum Gasteiger partial charge on any atom is 0.119 e. The lowest BCUT2D eigenvalue weighted by Crippen LogP contribution is -3.14. The molecule has 2 aromatic rings. The van der Waals surface area contributed by atoms with Gasteiger partial charge in [0.1, 0.15) is 18.8 Å². The number of quaternary nitrogens is 1. The molecule has 4 heteroatoms. The minimum Gasteiger partial charge on any atom is -0.494 e. The first-order chi connectivity index (χ1) is 12.3. The molecule has 2 N–H and O–H groups in total. The number of hydrogen-bond acceptors (Lipinski definition) is 3. The predicted molar refractivity (Wildman–Crippen MR) is 98.1 cm³/mol. The Morgan fingerprint density at radius 2 is 1.68 bits per heavy atom. The van der Waals surface area contributed by atoms with Crippen molar-refractivity contribution in [1.82, 2.24) is 0 Å². The summed E-state index contributed by atoms with van der Waals surface area (Å²) in [4.78, 5) is 1.49. The van der Waals surface area contributed by atoms with Gasteiger partial charge in [-0.1, -0.05) is 42.5 Å². The molecule has 134 valence electrons. The topological polar surface area (TPSA) is 43.1 Å². The van der Waals surface area contributed by atoms with Crippen LogP contribution in [-0.4, -0.2) is 44.6 Å². The molecule has 0 aliphatic carbocycles. The first kappa shape index (κ1) is 17.9. The Balaban J connectivity index is 1.79. The van der Waals surface area contributed by atoms with Crippen LogP contribution in [0, 0.1) is 0 Å². The number of rotatable bonds is 7. The van der Waals surface area contributed by atoms with Gasteiger partial charge in [0.2, 0.25) is 0 Å².